The second-order valence-corrected chi connectivity index (χ2v) is 3.69. The maximum atomic E-state index is 8.94. The molecule has 0 bridgehead atoms. The van der Waals surface area contributed by atoms with Gasteiger partial charge in [0, 0.05) is 18.0 Å². The maximum absolute atomic E-state index is 8.94. The SMILES string of the molecule is COC(CO)Cc1ccccc1Br. The molecule has 0 amide bonds. The lowest BCUT2D eigenvalue weighted by molar-refractivity contribution is 0.0494. The molecule has 1 unspecified atom stereocenters. The summed E-state index contributed by atoms with van der Waals surface area (Å²) >= 11 is 3.45. The van der Waals surface area contributed by atoms with E-state index < -0.39 is 0 Å². The summed E-state index contributed by atoms with van der Waals surface area (Å²) in [6.45, 7) is 0.0534. The lowest BCUT2D eigenvalue weighted by atomic mass is 10.1. The quantitative estimate of drug-likeness (QED) is 0.879. The van der Waals surface area contributed by atoms with Crippen molar-refractivity contribution in [3.63, 3.8) is 0 Å². The molecule has 0 aliphatic carbocycles. The normalized spacial score (nSPS) is 12.8. The molecule has 3 heteroatoms. The van der Waals surface area contributed by atoms with Gasteiger partial charge < -0.3 is 9.84 Å². The Kier molecular flexibility index (Phi) is 4.42. The molecule has 0 radical (unpaired) electrons. The first-order chi connectivity index (χ1) is 6.27. The molecule has 0 fully saturated rings. The number of halogens is 1. The predicted octanol–water partition coefficient (Wildman–Crippen LogP) is 2.00. The highest BCUT2D eigenvalue weighted by Crippen LogP contribution is 2.17. The number of methoxy groups -OCH3 is 1. The molecule has 1 N–H and O–H groups in total. The predicted molar refractivity (Wildman–Crippen MR) is 55.7 cm³/mol. The first-order valence-electron chi connectivity index (χ1n) is 4.15. The lowest BCUT2D eigenvalue weighted by Gasteiger charge is -2.12. The fraction of sp³-hybridized carbons (Fsp3) is 0.400. The van der Waals surface area contributed by atoms with Gasteiger partial charge in [0.25, 0.3) is 0 Å². The standard InChI is InChI=1S/C10H13BrO2/c1-13-9(7-12)6-8-4-2-3-5-10(8)11/h2-5,9,12H,6-7H2,1H3. The van der Waals surface area contributed by atoms with Crippen LogP contribution in [0.25, 0.3) is 0 Å². The first-order valence-corrected chi connectivity index (χ1v) is 4.94. The van der Waals surface area contributed by atoms with Gasteiger partial charge >= 0.3 is 0 Å². The van der Waals surface area contributed by atoms with Crippen LogP contribution in [-0.2, 0) is 11.2 Å². The van der Waals surface area contributed by atoms with Crippen molar-refractivity contribution in [2.75, 3.05) is 13.7 Å². The molecule has 0 aliphatic heterocycles. The summed E-state index contributed by atoms with van der Waals surface area (Å²) in [7, 11) is 1.61. The molecule has 13 heavy (non-hydrogen) atoms. The van der Waals surface area contributed by atoms with E-state index in [1.54, 1.807) is 7.11 Å². The fourth-order valence-electron chi connectivity index (χ4n) is 1.13. The molecular formula is C10H13BrO2. The molecular weight excluding hydrogens is 232 g/mol. The number of aliphatic hydroxyl groups is 1. The number of rotatable bonds is 4. The molecule has 72 valence electrons. The van der Waals surface area contributed by atoms with Gasteiger partial charge in [-0.25, -0.2) is 0 Å². The van der Waals surface area contributed by atoms with Crippen LogP contribution in [0.4, 0.5) is 0 Å². The summed E-state index contributed by atoms with van der Waals surface area (Å²) in [5.41, 5.74) is 1.16. The minimum absolute atomic E-state index is 0.0534. The van der Waals surface area contributed by atoms with Crippen molar-refractivity contribution in [3.8, 4) is 0 Å². The van der Waals surface area contributed by atoms with E-state index in [-0.39, 0.29) is 12.7 Å². The molecule has 0 spiro atoms. The number of hydrogen-bond donors (Lipinski definition) is 1. The Balaban J connectivity index is 2.67. The van der Waals surface area contributed by atoms with Gasteiger partial charge in [-0.1, -0.05) is 34.1 Å². The van der Waals surface area contributed by atoms with E-state index in [0.717, 1.165) is 16.5 Å². The number of aliphatic hydroxyl groups excluding tert-OH is 1. The van der Waals surface area contributed by atoms with Gasteiger partial charge in [-0.3, -0.25) is 0 Å². The maximum Gasteiger partial charge on any atom is 0.0842 e. The zero-order valence-corrected chi connectivity index (χ0v) is 9.12. The van der Waals surface area contributed by atoms with E-state index in [1.807, 2.05) is 24.3 Å². The van der Waals surface area contributed by atoms with Crippen molar-refractivity contribution in [1.29, 1.82) is 0 Å². The van der Waals surface area contributed by atoms with Crippen LogP contribution in [-0.4, -0.2) is 24.9 Å². The Bertz CT molecular complexity index is 259. The van der Waals surface area contributed by atoms with Crippen molar-refractivity contribution < 1.29 is 9.84 Å². The highest BCUT2D eigenvalue weighted by atomic mass is 79.9. The van der Waals surface area contributed by atoms with Gasteiger partial charge in [-0.2, -0.15) is 0 Å². The molecule has 1 aromatic rings. The minimum Gasteiger partial charge on any atom is -0.394 e. The monoisotopic (exact) mass is 244 g/mol. The van der Waals surface area contributed by atoms with E-state index in [9.17, 15) is 0 Å². The van der Waals surface area contributed by atoms with E-state index in [4.69, 9.17) is 9.84 Å². The Hall–Kier alpha value is -0.380. The second kappa shape index (κ2) is 5.37. The van der Waals surface area contributed by atoms with E-state index >= 15 is 0 Å². The second-order valence-electron chi connectivity index (χ2n) is 2.84. The van der Waals surface area contributed by atoms with Gasteiger partial charge in [0.05, 0.1) is 12.7 Å². The zero-order chi connectivity index (χ0) is 9.68. The molecule has 0 heterocycles. The minimum atomic E-state index is -0.112. The van der Waals surface area contributed by atoms with E-state index in [0.29, 0.717) is 0 Å². The van der Waals surface area contributed by atoms with Crippen LogP contribution in [0.15, 0.2) is 28.7 Å². The zero-order valence-electron chi connectivity index (χ0n) is 7.53. The molecule has 2 nitrogen and oxygen atoms in total. The van der Waals surface area contributed by atoms with Crippen LogP contribution in [0.3, 0.4) is 0 Å². The van der Waals surface area contributed by atoms with Crippen LogP contribution in [0.2, 0.25) is 0 Å². The van der Waals surface area contributed by atoms with Crippen LogP contribution >= 0.6 is 15.9 Å². The van der Waals surface area contributed by atoms with E-state index in [1.165, 1.54) is 0 Å². The molecule has 1 aromatic carbocycles. The summed E-state index contributed by atoms with van der Waals surface area (Å²) in [5.74, 6) is 0. The summed E-state index contributed by atoms with van der Waals surface area (Å²) < 4.78 is 6.15. The van der Waals surface area contributed by atoms with Gasteiger partial charge in [-0.15, -0.1) is 0 Å². The Morgan fingerprint density at radius 2 is 2.15 bits per heavy atom. The Morgan fingerprint density at radius 1 is 1.46 bits per heavy atom. The third-order valence-corrected chi connectivity index (χ3v) is 2.72. The third-order valence-electron chi connectivity index (χ3n) is 1.94. The number of hydrogen-bond acceptors (Lipinski definition) is 2. The van der Waals surface area contributed by atoms with Gasteiger partial charge in [-0.05, 0) is 11.6 Å². The van der Waals surface area contributed by atoms with Gasteiger partial charge in [0.15, 0.2) is 0 Å². The summed E-state index contributed by atoms with van der Waals surface area (Å²) in [6.07, 6.45) is 0.618. The highest BCUT2D eigenvalue weighted by molar-refractivity contribution is 9.10. The van der Waals surface area contributed by atoms with Crippen LogP contribution in [0.5, 0.6) is 0 Å². The average Bonchev–Trinajstić information content (AvgIpc) is 2.17. The Morgan fingerprint density at radius 3 is 2.69 bits per heavy atom. The van der Waals surface area contributed by atoms with Crippen molar-refractivity contribution in [2.45, 2.75) is 12.5 Å². The summed E-state index contributed by atoms with van der Waals surface area (Å²) in [4.78, 5) is 0. The van der Waals surface area contributed by atoms with Crippen molar-refractivity contribution >= 4 is 15.9 Å². The molecule has 0 saturated carbocycles. The fourth-order valence-corrected chi connectivity index (χ4v) is 1.58. The largest absolute Gasteiger partial charge is 0.394 e. The number of ether oxygens (including phenoxy) is 1. The highest BCUT2D eigenvalue weighted by Gasteiger charge is 2.08. The van der Waals surface area contributed by atoms with Crippen LogP contribution in [0.1, 0.15) is 5.56 Å². The molecule has 0 aliphatic rings. The average molecular weight is 245 g/mol. The van der Waals surface area contributed by atoms with Gasteiger partial charge in [0.2, 0.25) is 0 Å². The van der Waals surface area contributed by atoms with Crippen molar-refractivity contribution in [1.82, 2.24) is 0 Å². The lowest BCUT2D eigenvalue weighted by Crippen LogP contribution is -2.18. The molecule has 0 saturated heterocycles. The first kappa shape index (κ1) is 10.7. The smallest absolute Gasteiger partial charge is 0.0842 e. The topological polar surface area (TPSA) is 29.5 Å². The Labute approximate surface area is 86.7 Å². The van der Waals surface area contributed by atoms with E-state index in [2.05, 4.69) is 15.9 Å². The van der Waals surface area contributed by atoms with Crippen LogP contribution < -0.4 is 0 Å². The summed E-state index contributed by atoms with van der Waals surface area (Å²) in [6, 6.07) is 7.95. The van der Waals surface area contributed by atoms with Crippen LogP contribution in [0, 0.1) is 0 Å². The van der Waals surface area contributed by atoms with Crippen molar-refractivity contribution in [3.05, 3.63) is 34.3 Å². The summed E-state index contributed by atoms with van der Waals surface area (Å²) in [5, 5.41) is 8.94. The molecule has 1 rings (SSSR count). The van der Waals surface area contributed by atoms with Gasteiger partial charge in [0.1, 0.15) is 0 Å². The molecule has 0 aromatic heterocycles. The third kappa shape index (κ3) is 3.10. The molecule has 1 atom stereocenters. The number of benzene rings is 1. The van der Waals surface area contributed by atoms with Crippen molar-refractivity contribution in [2.24, 2.45) is 0 Å².